The van der Waals surface area contributed by atoms with Gasteiger partial charge in [0.25, 0.3) is 10.0 Å². The second-order valence-corrected chi connectivity index (χ2v) is 8.37. The third kappa shape index (κ3) is 4.83. The Labute approximate surface area is 128 Å². The van der Waals surface area contributed by atoms with Gasteiger partial charge >= 0.3 is 0 Å². The minimum atomic E-state index is -3.49. The predicted octanol–water partition coefficient (Wildman–Crippen LogP) is 2.55. The zero-order valence-corrected chi connectivity index (χ0v) is 14.7. The Morgan fingerprint density at radius 1 is 1.14 bits per heavy atom. The van der Waals surface area contributed by atoms with Crippen LogP contribution in [0.5, 0.6) is 0 Å². The highest BCUT2D eigenvalue weighted by Crippen LogP contribution is 2.20. The summed E-state index contributed by atoms with van der Waals surface area (Å²) in [5.41, 5.74) is 0. The van der Waals surface area contributed by atoms with Gasteiger partial charge < -0.3 is 9.73 Å². The normalized spacial score (nSPS) is 13.0. The third-order valence-electron chi connectivity index (χ3n) is 3.76. The van der Waals surface area contributed by atoms with E-state index < -0.39 is 10.0 Å². The van der Waals surface area contributed by atoms with Crippen molar-refractivity contribution in [3.05, 3.63) is 17.9 Å². The molecule has 0 saturated carbocycles. The predicted molar refractivity (Wildman–Crippen MR) is 84.5 cm³/mol. The average molecular weight is 316 g/mol. The quantitative estimate of drug-likeness (QED) is 0.800. The van der Waals surface area contributed by atoms with Crippen molar-refractivity contribution in [2.24, 2.45) is 17.8 Å². The van der Waals surface area contributed by atoms with E-state index in [2.05, 4.69) is 33.0 Å². The second kappa shape index (κ2) is 7.42. The van der Waals surface area contributed by atoms with Crippen LogP contribution in [0.15, 0.2) is 21.6 Å². The van der Waals surface area contributed by atoms with E-state index in [1.165, 1.54) is 20.2 Å². The summed E-state index contributed by atoms with van der Waals surface area (Å²) >= 11 is 0. The number of nitrogens with zero attached hydrogens (tertiary/aromatic N) is 1. The lowest BCUT2D eigenvalue weighted by molar-refractivity contribution is 0.271. The SMILES string of the molecule is CC(C)C(CNCc1ccc(S(=O)(=O)N(C)C)o1)C(C)C. The molecule has 0 amide bonds. The van der Waals surface area contributed by atoms with Crippen molar-refractivity contribution in [2.75, 3.05) is 20.6 Å². The van der Waals surface area contributed by atoms with Gasteiger partial charge in [0.05, 0.1) is 6.54 Å². The highest BCUT2D eigenvalue weighted by molar-refractivity contribution is 7.88. The molecule has 0 aliphatic heterocycles. The van der Waals surface area contributed by atoms with Crippen LogP contribution < -0.4 is 5.32 Å². The van der Waals surface area contributed by atoms with E-state index in [-0.39, 0.29) is 5.09 Å². The molecule has 0 aromatic carbocycles. The smallest absolute Gasteiger partial charge is 0.275 e. The molecule has 21 heavy (non-hydrogen) atoms. The molecule has 0 atom stereocenters. The Hall–Kier alpha value is -0.850. The Bertz CT molecular complexity index is 525. The number of furan rings is 1. The molecular formula is C15H28N2O3S. The van der Waals surface area contributed by atoms with Crippen LogP contribution in [0.4, 0.5) is 0 Å². The summed E-state index contributed by atoms with van der Waals surface area (Å²) < 4.78 is 30.4. The summed E-state index contributed by atoms with van der Waals surface area (Å²) in [6.07, 6.45) is 0. The van der Waals surface area contributed by atoms with E-state index in [0.717, 1.165) is 10.8 Å². The fourth-order valence-corrected chi connectivity index (χ4v) is 3.19. The molecule has 0 spiro atoms. The van der Waals surface area contributed by atoms with E-state index in [1.54, 1.807) is 6.07 Å². The van der Waals surface area contributed by atoms with Gasteiger partial charge in [-0.15, -0.1) is 0 Å². The Morgan fingerprint density at radius 2 is 1.71 bits per heavy atom. The molecule has 6 heteroatoms. The molecule has 1 aromatic rings. The molecule has 122 valence electrons. The lowest BCUT2D eigenvalue weighted by atomic mass is 9.85. The summed E-state index contributed by atoms with van der Waals surface area (Å²) in [5.74, 6) is 2.45. The van der Waals surface area contributed by atoms with E-state index in [9.17, 15) is 8.42 Å². The minimum absolute atomic E-state index is 0.00595. The summed E-state index contributed by atoms with van der Waals surface area (Å²) in [7, 11) is -0.502. The molecule has 1 aromatic heterocycles. The topological polar surface area (TPSA) is 62.6 Å². The molecule has 0 fully saturated rings. The van der Waals surface area contributed by atoms with Gasteiger partial charge in [-0.25, -0.2) is 12.7 Å². The first kappa shape index (κ1) is 18.2. The van der Waals surface area contributed by atoms with Gasteiger partial charge in [-0.1, -0.05) is 27.7 Å². The molecule has 0 unspecified atom stereocenters. The standard InChI is InChI=1S/C15H28N2O3S/c1-11(2)14(12(3)4)10-16-9-13-7-8-15(20-13)21(18,19)17(5)6/h7-8,11-12,14,16H,9-10H2,1-6H3. The summed E-state index contributed by atoms with van der Waals surface area (Å²) in [5, 5.41) is 3.35. The summed E-state index contributed by atoms with van der Waals surface area (Å²) in [4.78, 5) is 0. The Morgan fingerprint density at radius 3 is 2.19 bits per heavy atom. The van der Waals surface area contributed by atoms with Gasteiger partial charge in [-0.2, -0.15) is 0 Å². The third-order valence-corrected chi connectivity index (χ3v) is 5.45. The molecule has 0 saturated heterocycles. The molecule has 0 radical (unpaired) electrons. The molecule has 0 aliphatic rings. The van der Waals surface area contributed by atoms with E-state index in [4.69, 9.17) is 4.42 Å². The average Bonchev–Trinajstić information content (AvgIpc) is 2.82. The molecule has 1 N–H and O–H groups in total. The van der Waals surface area contributed by atoms with Crippen molar-refractivity contribution in [2.45, 2.75) is 39.3 Å². The van der Waals surface area contributed by atoms with Crippen LogP contribution >= 0.6 is 0 Å². The van der Waals surface area contributed by atoms with Gasteiger partial charge in [0.1, 0.15) is 5.76 Å². The number of sulfonamides is 1. The number of nitrogens with one attached hydrogen (secondary N) is 1. The van der Waals surface area contributed by atoms with Crippen LogP contribution in [0, 0.1) is 17.8 Å². The second-order valence-electron chi connectivity index (χ2n) is 6.29. The van der Waals surface area contributed by atoms with Gasteiger partial charge in [-0.05, 0) is 36.4 Å². The highest BCUT2D eigenvalue weighted by Gasteiger charge is 2.22. The van der Waals surface area contributed by atoms with Crippen LogP contribution in [0.25, 0.3) is 0 Å². The summed E-state index contributed by atoms with van der Waals surface area (Å²) in [6, 6.07) is 3.22. The van der Waals surface area contributed by atoms with Crippen molar-refractivity contribution in [3.63, 3.8) is 0 Å². The molecule has 0 bridgehead atoms. The van der Waals surface area contributed by atoms with Crippen molar-refractivity contribution in [1.29, 1.82) is 0 Å². The van der Waals surface area contributed by atoms with Gasteiger partial charge in [-0.3, -0.25) is 0 Å². The van der Waals surface area contributed by atoms with Crippen LogP contribution in [-0.4, -0.2) is 33.4 Å². The number of hydrogen-bond donors (Lipinski definition) is 1. The minimum Gasteiger partial charge on any atom is -0.447 e. The molecule has 5 nitrogen and oxygen atoms in total. The lowest BCUT2D eigenvalue weighted by Crippen LogP contribution is -2.29. The zero-order valence-electron chi connectivity index (χ0n) is 13.9. The zero-order chi connectivity index (χ0) is 16.2. The van der Waals surface area contributed by atoms with E-state index in [1.807, 2.05) is 0 Å². The maximum Gasteiger partial charge on any atom is 0.275 e. The largest absolute Gasteiger partial charge is 0.447 e. The Kier molecular flexibility index (Phi) is 6.43. The molecule has 1 rings (SSSR count). The first-order valence-electron chi connectivity index (χ1n) is 7.38. The van der Waals surface area contributed by atoms with Crippen LogP contribution in [0.1, 0.15) is 33.5 Å². The number of rotatable bonds is 8. The molecular weight excluding hydrogens is 288 g/mol. The fourth-order valence-electron chi connectivity index (χ4n) is 2.38. The maximum atomic E-state index is 11.9. The van der Waals surface area contributed by atoms with Gasteiger partial charge in [0.2, 0.25) is 5.09 Å². The van der Waals surface area contributed by atoms with Gasteiger partial charge in [0, 0.05) is 14.1 Å². The first-order valence-corrected chi connectivity index (χ1v) is 8.82. The number of hydrogen-bond acceptors (Lipinski definition) is 4. The monoisotopic (exact) mass is 316 g/mol. The van der Waals surface area contributed by atoms with E-state index in [0.29, 0.717) is 30.1 Å². The van der Waals surface area contributed by atoms with Crippen molar-refractivity contribution in [3.8, 4) is 0 Å². The van der Waals surface area contributed by atoms with Gasteiger partial charge in [0.15, 0.2) is 0 Å². The maximum absolute atomic E-state index is 11.9. The fraction of sp³-hybridized carbons (Fsp3) is 0.733. The van der Waals surface area contributed by atoms with Crippen molar-refractivity contribution in [1.82, 2.24) is 9.62 Å². The highest BCUT2D eigenvalue weighted by atomic mass is 32.2. The first-order chi connectivity index (χ1) is 9.66. The van der Waals surface area contributed by atoms with Crippen LogP contribution in [-0.2, 0) is 16.6 Å². The summed E-state index contributed by atoms with van der Waals surface area (Å²) in [6.45, 7) is 10.3. The lowest BCUT2D eigenvalue weighted by Gasteiger charge is -2.24. The van der Waals surface area contributed by atoms with Crippen molar-refractivity contribution >= 4 is 10.0 Å². The van der Waals surface area contributed by atoms with Crippen LogP contribution in [0.3, 0.4) is 0 Å². The molecule has 0 aliphatic carbocycles. The Balaban J connectivity index is 2.61. The molecule has 1 heterocycles. The van der Waals surface area contributed by atoms with E-state index >= 15 is 0 Å². The van der Waals surface area contributed by atoms with Crippen LogP contribution in [0.2, 0.25) is 0 Å². The van der Waals surface area contributed by atoms with Crippen molar-refractivity contribution < 1.29 is 12.8 Å².